The largest absolute Gasteiger partial charge is 0.455 e. The molecule has 1 aliphatic rings. The van der Waals surface area contributed by atoms with E-state index in [1.165, 1.54) is 0 Å². The van der Waals surface area contributed by atoms with Gasteiger partial charge in [0.1, 0.15) is 5.75 Å². The van der Waals surface area contributed by atoms with Crippen molar-refractivity contribution in [3.05, 3.63) is 54.6 Å². The first-order valence-corrected chi connectivity index (χ1v) is 8.62. The summed E-state index contributed by atoms with van der Waals surface area (Å²) in [6.45, 7) is 4.96. The Morgan fingerprint density at radius 1 is 1.20 bits per heavy atom. The van der Waals surface area contributed by atoms with Gasteiger partial charge in [-0.2, -0.15) is 0 Å². The highest BCUT2D eigenvalue weighted by molar-refractivity contribution is 5.93. The zero-order valence-electron chi connectivity index (χ0n) is 14.6. The molecule has 132 valence electrons. The number of hydrogen-bond acceptors (Lipinski definition) is 4. The van der Waals surface area contributed by atoms with Gasteiger partial charge < -0.3 is 15.8 Å². The van der Waals surface area contributed by atoms with E-state index in [9.17, 15) is 4.79 Å². The molecule has 5 heteroatoms. The lowest BCUT2D eigenvalue weighted by Gasteiger charge is -2.22. The molecule has 5 nitrogen and oxygen atoms in total. The number of anilines is 1. The first kappa shape index (κ1) is 17.5. The summed E-state index contributed by atoms with van der Waals surface area (Å²) in [6, 6.07) is 17.0. The van der Waals surface area contributed by atoms with E-state index in [-0.39, 0.29) is 11.3 Å². The minimum Gasteiger partial charge on any atom is -0.455 e. The van der Waals surface area contributed by atoms with Crippen LogP contribution in [0.3, 0.4) is 0 Å². The molecule has 0 bridgehead atoms. The van der Waals surface area contributed by atoms with Crippen molar-refractivity contribution in [1.29, 1.82) is 0 Å². The van der Waals surface area contributed by atoms with Crippen molar-refractivity contribution < 1.29 is 9.53 Å². The molecule has 0 radical (unpaired) electrons. The third-order valence-electron chi connectivity index (χ3n) is 4.63. The Labute approximate surface area is 148 Å². The van der Waals surface area contributed by atoms with Gasteiger partial charge in [0.15, 0.2) is 5.75 Å². The predicted molar refractivity (Wildman–Crippen MR) is 99.8 cm³/mol. The number of amides is 1. The van der Waals surface area contributed by atoms with Gasteiger partial charge in [-0.05, 0) is 49.2 Å². The van der Waals surface area contributed by atoms with Crippen molar-refractivity contribution in [3.8, 4) is 11.5 Å². The molecule has 25 heavy (non-hydrogen) atoms. The van der Waals surface area contributed by atoms with E-state index in [0.717, 1.165) is 25.3 Å². The van der Waals surface area contributed by atoms with Crippen LogP contribution in [0.15, 0.2) is 54.6 Å². The van der Waals surface area contributed by atoms with Crippen LogP contribution in [-0.4, -0.2) is 37.0 Å². The molecule has 1 aliphatic heterocycles. The predicted octanol–water partition coefficient (Wildman–Crippen LogP) is 3.09. The SMILES string of the molecule is CC1(CN)CCN(CC(=O)Nc2ccccc2Oc2ccccc2)C1. The molecular weight excluding hydrogens is 314 g/mol. The fraction of sp³-hybridized carbons (Fsp3) is 0.350. The van der Waals surface area contributed by atoms with Gasteiger partial charge >= 0.3 is 0 Å². The van der Waals surface area contributed by atoms with Gasteiger partial charge in [0.2, 0.25) is 5.91 Å². The molecule has 1 unspecified atom stereocenters. The third-order valence-corrected chi connectivity index (χ3v) is 4.63. The molecule has 3 N–H and O–H groups in total. The molecule has 0 aliphatic carbocycles. The number of nitrogens with two attached hydrogens (primary N) is 1. The maximum Gasteiger partial charge on any atom is 0.238 e. The summed E-state index contributed by atoms with van der Waals surface area (Å²) in [5.41, 5.74) is 6.63. The van der Waals surface area contributed by atoms with Crippen molar-refractivity contribution in [2.24, 2.45) is 11.1 Å². The molecule has 1 amide bonds. The molecule has 0 spiro atoms. The number of likely N-dealkylation sites (tertiary alicyclic amines) is 1. The molecule has 1 heterocycles. The number of rotatable bonds is 6. The molecule has 1 fully saturated rings. The van der Waals surface area contributed by atoms with Crippen molar-refractivity contribution in [1.82, 2.24) is 4.90 Å². The third kappa shape index (κ3) is 4.59. The number of carbonyl (C=O) groups excluding carboxylic acids is 1. The van der Waals surface area contributed by atoms with Crippen LogP contribution in [0.4, 0.5) is 5.69 Å². The van der Waals surface area contributed by atoms with E-state index in [4.69, 9.17) is 10.5 Å². The fourth-order valence-electron chi connectivity index (χ4n) is 3.09. The van der Waals surface area contributed by atoms with Gasteiger partial charge in [-0.15, -0.1) is 0 Å². The Balaban J connectivity index is 1.62. The molecular formula is C20H25N3O2. The normalized spacial score (nSPS) is 20.4. The second kappa shape index (κ2) is 7.68. The van der Waals surface area contributed by atoms with E-state index >= 15 is 0 Å². The standard InChI is InChI=1S/C20H25N3O2/c1-20(14-21)11-12-23(15-20)13-19(24)22-17-9-5-6-10-18(17)25-16-7-3-2-4-8-16/h2-10H,11-15,21H2,1H3,(H,22,24). The number of nitrogens with zero attached hydrogens (tertiary/aromatic N) is 1. The van der Waals surface area contributed by atoms with Gasteiger partial charge in [0.05, 0.1) is 12.2 Å². The van der Waals surface area contributed by atoms with Gasteiger partial charge in [-0.25, -0.2) is 0 Å². The number of benzene rings is 2. The van der Waals surface area contributed by atoms with Crippen LogP contribution in [-0.2, 0) is 4.79 Å². The first-order chi connectivity index (χ1) is 12.1. The van der Waals surface area contributed by atoms with Gasteiger partial charge in [-0.3, -0.25) is 9.69 Å². The van der Waals surface area contributed by atoms with Crippen LogP contribution in [0.25, 0.3) is 0 Å². The maximum atomic E-state index is 12.4. The van der Waals surface area contributed by atoms with Crippen LogP contribution in [0.1, 0.15) is 13.3 Å². The van der Waals surface area contributed by atoms with E-state index in [0.29, 0.717) is 24.5 Å². The van der Waals surface area contributed by atoms with E-state index < -0.39 is 0 Å². The highest BCUT2D eigenvalue weighted by atomic mass is 16.5. The van der Waals surface area contributed by atoms with Gasteiger partial charge in [-0.1, -0.05) is 37.3 Å². The quantitative estimate of drug-likeness (QED) is 0.849. The lowest BCUT2D eigenvalue weighted by Crippen LogP contribution is -2.35. The van der Waals surface area contributed by atoms with Crippen LogP contribution >= 0.6 is 0 Å². The van der Waals surface area contributed by atoms with Crippen molar-refractivity contribution >= 4 is 11.6 Å². The summed E-state index contributed by atoms with van der Waals surface area (Å²) in [6.07, 6.45) is 1.03. The minimum absolute atomic E-state index is 0.0367. The Bertz CT molecular complexity index is 720. The number of para-hydroxylation sites is 3. The summed E-state index contributed by atoms with van der Waals surface area (Å²) >= 11 is 0. The second-order valence-electron chi connectivity index (χ2n) is 6.93. The molecule has 0 aromatic heterocycles. The number of carbonyl (C=O) groups is 1. The Morgan fingerprint density at radius 2 is 1.92 bits per heavy atom. The monoisotopic (exact) mass is 339 g/mol. The average Bonchev–Trinajstić information content (AvgIpc) is 2.99. The molecule has 2 aromatic rings. The molecule has 1 atom stereocenters. The molecule has 0 saturated carbocycles. The summed E-state index contributed by atoms with van der Waals surface area (Å²) in [5.74, 6) is 1.34. The van der Waals surface area contributed by atoms with Gasteiger partial charge in [0.25, 0.3) is 0 Å². The van der Waals surface area contributed by atoms with Crippen LogP contribution in [0.5, 0.6) is 11.5 Å². The zero-order valence-corrected chi connectivity index (χ0v) is 14.6. The highest BCUT2D eigenvalue weighted by Gasteiger charge is 2.33. The zero-order chi connectivity index (χ0) is 17.7. The van der Waals surface area contributed by atoms with Crippen LogP contribution in [0.2, 0.25) is 0 Å². The fourth-order valence-corrected chi connectivity index (χ4v) is 3.09. The van der Waals surface area contributed by atoms with Crippen molar-refractivity contribution in [2.45, 2.75) is 13.3 Å². The van der Waals surface area contributed by atoms with Crippen LogP contribution < -0.4 is 15.8 Å². The van der Waals surface area contributed by atoms with Gasteiger partial charge in [0, 0.05) is 6.54 Å². The summed E-state index contributed by atoms with van der Waals surface area (Å²) in [5, 5.41) is 2.97. The summed E-state index contributed by atoms with van der Waals surface area (Å²) in [4.78, 5) is 14.6. The van der Waals surface area contributed by atoms with Crippen molar-refractivity contribution in [2.75, 3.05) is 31.5 Å². The number of nitrogens with one attached hydrogen (secondary N) is 1. The average molecular weight is 339 g/mol. The minimum atomic E-state index is -0.0367. The summed E-state index contributed by atoms with van der Waals surface area (Å²) in [7, 11) is 0. The Hall–Kier alpha value is -2.37. The van der Waals surface area contributed by atoms with E-state index in [1.807, 2.05) is 54.6 Å². The molecule has 1 saturated heterocycles. The highest BCUT2D eigenvalue weighted by Crippen LogP contribution is 2.30. The Morgan fingerprint density at radius 3 is 2.64 bits per heavy atom. The first-order valence-electron chi connectivity index (χ1n) is 8.62. The maximum absolute atomic E-state index is 12.4. The molecule has 2 aromatic carbocycles. The lowest BCUT2D eigenvalue weighted by atomic mass is 9.90. The number of ether oxygens (including phenoxy) is 1. The van der Waals surface area contributed by atoms with Crippen molar-refractivity contribution in [3.63, 3.8) is 0 Å². The van der Waals surface area contributed by atoms with E-state index in [2.05, 4.69) is 17.1 Å². The number of hydrogen-bond donors (Lipinski definition) is 2. The van der Waals surface area contributed by atoms with Crippen LogP contribution in [0, 0.1) is 5.41 Å². The second-order valence-corrected chi connectivity index (χ2v) is 6.93. The molecule has 3 rings (SSSR count). The summed E-state index contributed by atoms with van der Waals surface area (Å²) < 4.78 is 5.89. The Kier molecular flexibility index (Phi) is 5.36. The lowest BCUT2D eigenvalue weighted by molar-refractivity contribution is -0.117. The topological polar surface area (TPSA) is 67.6 Å². The smallest absolute Gasteiger partial charge is 0.238 e. The van der Waals surface area contributed by atoms with E-state index in [1.54, 1.807) is 0 Å².